The van der Waals surface area contributed by atoms with E-state index in [1.165, 1.54) is 19.3 Å². The minimum Gasteiger partial charge on any atom is -0.496 e. The lowest BCUT2D eigenvalue weighted by Crippen LogP contribution is -2.47. The summed E-state index contributed by atoms with van der Waals surface area (Å²) in [6.45, 7) is 0.815. The number of hydrogen-bond acceptors (Lipinski definition) is 4. The van der Waals surface area contributed by atoms with Crippen molar-refractivity contribution in [3.05, 3.63) is 23.8 Å². The first-order chi connectivity index (χ1) is 10.2. The van der Waals surface area contributed by atoms with Crippen LogP contribution in [-0.2, 0) is 4.74 Å². The SMILES string of the molecule is COc1cccc(OC)c1C(N)C1CCOC2(CCC2)C1. The molecule has 1 aromatic rings. The molecular weight excluding hydrogens is 266 g/mol. The van der Waals surface area contributed by atoms with Gasteiger partial charge in [-0.1, -0.05) is 6.07 Å². The molecular formula is C17H25NO3. The highest BCUT2D eigenvalue weighted by Crippen LogP contribution is 2.48. The van der Waals surface area contributed by atoms with Gasteiger partial charge in [-0.15, -0.1) is 0 Å². The van der Waals surface area contributed by atoms with Crippen molar-refractivity contribution >= 4 is 0 Å². The summed E-state index contributed by atoms with van der Waals surface area (Å²) in [5.41, 5.74) is 7.70. The van der Waals surface area contributed by atoms with E-state index >= 15 is 0 Å². The molecule has 1 saturated heterocycles. The Hall–Kier alpha value is -1.26. The van der Waals surface area contributed by atoms with Gasteiger partial charge in [-0.3, -0.25) is 0 Å². The third-order valence-corrected chi connectivity index (χ3v) is 5.10. The molecule has 1 saturated carbocycles. The fraction of sp³-hybridized carbons (Fsp3) is 0.647. The number of ether oxygens (including phenoxy) is 3. The van der Waals surface area contributed by atoms with E-state index in [1.54, 1.807) is 14.2 Å². The zero-order valence-electron chi connectivity index (χ0n) is 12.9. The lowest BCUT2D eigenvalue weighted by molar-refractivity contribution is -0.146. The van der Waals surface area contributed by atoms with Crippen molar-refractivity contribution < 1.29 is 14.2 Å². The number of hydrogen-bond donors (Lipinski definition) is 1. The molecule has 1 aromatic carbocycles. The molecule has 116 valence electrons. The van der Waals surface area contributed by atoms with Gasteiger partial charge in [0.05, 0.1) is 25.4 Å². The van der Waals surface area contributed by atoms with Crippen molar-refractivity contribution in [1.82, 2.24) is 0 Å². The Morgan fingerprint density at radius 2 is 1.90 bits per heavy atom. The van der Waals surface area contributed by atoms with Gasteiger partial charge >= 0.3 is 0 Å². The van der Waals surface area contributed by atoms with E-state index in [2.05, 4.69) is 0 Å². The molecule has 0 radical (unpaired) electrons. The van der Waals surface area contributed by atoms with Gasteiger partial charge in [-0.05, 0) is 50.2 Å². The van der Waals surface area contributed by atoms with E-state index in [9.17, 15) is 0 Å². The van der Waals surface area contributed by atoms with E-state index in [-0.39, 0.29) is 11.6 Å². The maximum absolute atomic E-state index is 6.61. The molecule has 2 N–H and O–H groups in total. The first kappa shape index (κ1) is 14.7. The third-order valence-electron chi connectivity index (χ3n) is 5.10. The summed E-state index contributed by atoms with van der Waals surface area (Å²) in [7, 11) is 3.37. The molecule has 4 nitrogen and oxygen atoms in total. The summed E-state index contributed by atoms with van der Waals surface area (Å²) >= 11 is 0. The maximum Gasteiger partial charge on any atom is 0.127 e. The first-order valence-corrected chi connectivity index (χ1v) is 7.79. The number of rotatable bonds is 4. The van der Waals surface area contributed by atoms with Crippen LogP contribution >= 0.6 is 0 Å². The minimum atomic E-state index is -0.0718. The molecule has 2 unspecified atom stereocenters. The largest absolute Gasteiger partial charge is 0.496 e. The van der Waals surface area contributed by atoms with Gasteiger partial charge < -0.3 is 19.9 Å². The van der Waals surface area contributed by atoms with Crippen LogP contribution in [0.15, 0.2) is 18.2 Å². The highest BCUT2D eigenvalue weighted by molar-refractivity contribution is 5.47. The molecule has 1 aliphatic carbocycles. The van der Waals surface area contributed by atoms with Gasteiger partial charge in [0, 0.05) is 12.6 Å². The Kier molecular flexibility index (Phi) is 4.09. The predicted molar refractivity (Wildman–Crippen MR) is 81.7 cm³/mol. The monoisotopic (exact) mass is 291 g/mol. The molecule has 2 atom stereocenters. The zero-order valence-corrected chi connectivity index (χ0v) is 12.9. The molecule has 1 heterocycles. The second kappa shape index (κ2) is 5.85. The summed E-state index contributed by atoms with van der Waals surface area (Å²) in [4.78, 5) is 0. The molecule has 1 aliphatic heterocycles. The van der Waals surface area contributed by atoms with Crippen LogP contribution in [0.1, 0.15) is 43.7 Å². The average molecular weight is 291 g/mol. The van der Waals surface area contributed by atoms with Gasteiger partial charge in [-0.25, -0.2) is 0 Å². The second-order valence-electron chi connectivity index (χ2n) is 6.24. The Bertz CT molecular complexity index is 477. The third kappa shape index (κ3) is 2.62. The molecule has 0 bridgehead atoms. The zero-order chi connectivity index (χ0) is 14.9. The fourth-order valence-electron chi connectivity index (χ4n) is 3.74. The summed E-state index contributed by atoms with van der Waals surface area (Å²) < 4.78 is 17.0. The summed E-state index contributed by atoms with van der Waals surface area (Å²) in [6.07, 6.45) is 5.69. The Labute approximate surface area is 126 Å². The standard InChI is InChI=1S/C17H25NO3/c1-19-13-5-3-6-14(20-2)15(13)16(18)12-7-10-21-17(11-12)8-4-9-17/h3,5-6,12,16H,4,7-11,18H2,1-2H3. The first-order valence-electron chi connectivity index (χ1n) is 7.79. The van der Waals surface area contributed by atoms with E-state index < -0.39 is 0 Å². The molecule has 4 heteroatoms. The summed E-state index contributed by atoms with van der Waals surface area (Å²) in [6, 6.07) is 5.77. The maximum atomic E-state index is 6.61. The Balaban J connectivity index is 1.85. The van der Waals surface area contributed by atoms with Gasteiger partial charge in [-0.2, -0.15) is 0 Å². The molecule has 1 spiro atoms. The van der Waals surface area contributed by atoms with E-state index in [4.69, 9.17) is 19.9 Å². The number of benzene rings is 1. The van der Waals surface area contributed by atoms with Crippen molar-refractivity contribution in [2.75, 3.05) is 20.8 Å². The smallest absolute Gasteiger partial charge is 0.127 e. The van der Waals surface area contributed by atoms with Crippen molar-refractivity contribution in [2.45, 2.75) is 43.7 Å². The topological polar surface area (TPSA) is 53.7 Å². The van der Waals surface area contributed by atoms with Crippen LogP contribution in [0.3, 0.4) is 0 Å². The van der Waals surface area contributed by atoms with E-state index in [0.717, 1.165) is 36.5 Å². The van der Waals surface area contributed by atoms with Gasteiger partial charge in [0.2, 0.25) is 0 Å². The van der Waals surface area contributed by atoms with Crippen molar-refractivity contribution in [3.63, 3.8) is 0 Å². The molecule has 0 amide bonds. The van der Waals surface area contributed by atoms with Crippen molar-refractivity contribution in [3.8, 4) is 11.5 Å². The van der Waals surface area contributed by atoms with Crippen LogP contribution in [-0.4, -0.2) is 26.4 Å². The van der Waals surface area contributed by atoms with Gasteiger partial charge in [0.1, 0.15) is 11.5 Å². The van der Waals surface area contributed by atoms with Crippen molar-refractivity contribution in [2.24, 2.45) is 11.7 Å². The molecule has 3 rings (SSSR count). The molecule has 21 heavy (non-hydrogen) atoms. The van der Waals surface area contributed by atoms with Crippen LogP contribution in [0.25, 0.3) is 0 Å². The highest BCUT2D eigenvalue weighted by atomic mass is 16.5. The lowest BCUT2D eigenvalue weighted by atomic mass is 9.69. The normalized spacial score (nSPS) is 25.2. The minimum absolute atomic E-state index is 0.0718. The van der Waals surface area contributed by atoms with Crippen LogP contribution in [0.2, 0.25) is 0 Å². The molecule has 0 aromatic heterocycles. The highest BCUT2D eigenvalue weighted by Gasteiger charge is 2.44. The average Bonchev–Trinajstić information content (AvgIpc) is 2.51. The Morgan fingerprint density at radius 1 is 1.24 bits per heavy atom. The second-order valence-corrected chi connectivity index (χ2v) is 6.24. The van der Waals surface area contributed by atoms with E-state index in [0.29, 0.717) is 5.92 Å². The van der Waals surface area contributed by atoms with E-state index in [1.807, 2.05) is 18.2 Å². The number of nitrogens with two attached hydrogens (primary N) is 1. The quantitative estimate of drug-likeness (QED) is 0.926. The molecule has 2 fully saturated rings. The van der Waals surface area contributed by atoms with Crippen LogP contribution in [0.5, 0.6) is 11.5 Å². The Morgan fingerprint density at radius 3 is 2.43 bits per heavy atom. The van der Waals surface area contributed by atoms with Crippen LogP contribution < -0.4 is 15.2 Å². The lowest BCUT2D eigenvalue weighted by Gasteiger charge is -2.48. The summed E-state index contributed by atoms with van der Waals surface area (Å²) in [5.74, 6) is 2.05. The van der Waals surface area contributed by atoms with Crippen LogP contribution in [0.4, 0.5) is 0 Å². The predicted octanol–water partition coefficient (Wildman–Crippen LogP) is 3.05. The van der Waals surface area contributed by atoms with Crippen LogP contribution in [0, 0.1) is 5.92 Å². The number of methoxy groups -OCH3 is 2. The van der Waals surface area contributed by atoms with Crippen molar-refractivity contribution in [1.29, 1.82) is 0 Å². The fourth-order valence-corrected chi connectivity index (χ4v) is 3.74. The van der Waals surface area contributed by atoms with Gasteiger partial charge in [0.15, 0.2) is 0 Å². The molecule has 2 aliphatic rings. The van der Waals surface area contributed by atoms with Gasteiger partial charge in [0.25, 0.3) is 0 Å². The summed E-state index contributed by atoms with van der Waals surface area (Å²) in [5, 5.41) is 0.